The average molecular weight is 348 g/mol. The lowest BCUT2D eigenvalue weighted by Gasteiger charge is -2.25. The van der Waals surface area contributed by atoms with Gasteiger partial charge in [-0.25, -0.2) is 4.68 Å². The number of rotatable bonds is 4. The molecule has 0 saturated carbocycles. The molecule has 0 spiro atoms. The van der Waals surface area contributed by atoms with E-state index in [9.17, 15) is 9.59 Å². The first-order chi connectivity index (χ1) is 12.4. The van der Waals surface area contributed by atoms with Crippen LogP contribution >= 0.6 is 0 Å². The molecule has 0 atom stereocenters. The molecule has 3 rings (SSSR count). The Morgan fingerprint density at radius 3 is 2.73 bits per heavy atom. The fourth-order valence-corrected chi connectivity index (χ4v) is 2.41. The van der Waals surface area contributed by atoms with Crippen molar-refractivity contribution in [3.63, 3.8) is 0 Å². The third kappa shape index (κ3) is 3.26. The second kappa shape index (κ2) is 6.69. The molecule has 1 aromatic carbocycles. The molecule has 26 heavy (non-hydrogen) atoms. The Morgan fingerprint density at radius 1 is 1.23 bits per heavy atom. The number of furan rings is 1. The second-order valence-corrected chi connectivity index (χ2v) is 6.15. The summed E-state index contributed by atoms with van der Waals surface area (Å²) in [6, 6.07) is 14.9. The largest absolute Gasteiger partial charge is 0.463 e. The van der Waals surface area contributed by atoms with Gasteiger partial charge >= 0.3 is 0 Å². The number of nitrogens with zero attached hydrogens (tertiary/aromatic N) is 3. The van der Waals surface area contributed by atoms with Crippen molar-refractivity contribution in [1.29, 1.82) is 5.26 Å². The molecule has 0 bridgehead atoms. The zero-order chi connectivity index (χ0) is 18.7. The molecule has 1 amide bonds. The minimum Gasteiger partial charge on any atom is -0.463 e. The highest BCUT2D eigenvalue weighted by Crippen LogP contribution is 2.20. The molecule has 7 heteroatoms. The molecule has 0 radical (unpaired) electrons. The predicted molar refractivity (Wildman–Crippen MR) is 95.3 cm³/mol. The van der Waals surface area contributed by atoms with Gasteiger partial charge in [-0.1, -0.05) is 6.07 Å². The lowest BCUT2D eigenvalue weighted by molar-refractivity contribution is -0.123. The molecule has 0 aliphatic heterocycles. The number of carbonyl (C=O) groups excluding carboxylic acids is 1. The van der Waals surface area contributed by atoms with Gasteiger partial charge in [-0.15, -0.1) is 0 Å². The van der Waals surface area contributed by atoms with Gasteiger partial charge in [-0.05, 0) is 50.2 Å². The average Bonchev–Trinajstić information content (AvgIpc) is 3.16. The summed E-state index contributed by atoms with van der Waals surface area (Å²) in [6.45, 7) is 3.19. The van der Waals surface area contributed by atoms with Crippen LogP contribution in [0.4, 0.5) is 5.69 Å². The van der Waals surface area contributed by atoms with E-state index in [0.29, 0.717) is 22.7 Å². The third-order valence-corrected chi connectivity index (χ3v) is 3.91. The fourth-order valence-electron chi connectivity index (χ4n) is 2.41. The summed E-state index contributed by atoms with van der Waals surface area (Å²) in [5.74, 6) is 0.0652. The van der Waals surface area contributed by atoms with Gasteiger partial charge in [0.25, 0.3) is 11.5 Å². The van der Waals surface area contributed by atoms with Crippen LogP contribution in [0.25, 0.3) is 11.5 Å². The van der Waals surface area contributed by atoms with Crippen molar-refractivity contribution in [3.05, 3.63) is 70.7 Å². The van der Waals surface area contributed by atoms with E-state index in [2.05, 4.69) is 10.4 Å². The first-order valence-electron chi connectivity index (χ1n) is 7.88. The zero-order valence-corrected chi connectivity index (χ0v) is 14.3. The second-order valence-electron chi connectivity index (χ2n) is 6.15. The van der Waals surface area contributed by atoms with Gasteiger partial charge in [0, 0.05) is 11.8 Å². The van der Waals surface area contributed by atoms with Crippen molar-refractivity contribution >= 4 is 11.6 Å². The number of anilines is 1. The summed E-state index contributed by atoms with van der Waals surface area (Å²) in [6.07, 6.45) is 1.51. The van der Waals surface area contributed by atoms with E-state index in [1.165, 1.54) is 12.3 Å². The van der Waals surface area contributed by atoms with Crippen molar-refractivity contribution in [2.24, 2.45) is 0 Å². The highest BCUT2D eigenvalue weighted by atomic mass is 16.3. The van der Waals surface area contributed by atoms with Gasteiger partial charge in [0.1, 0.15) is 11.2 Å². The maximum absolute atomic E-state index is 12.8. The van der Waals surface area contributed by atoms with E-state index in [1.807, 2.05) is 6.07 Å². The standard InChI is InChI=1S/C19H16N4O3/c1-19(2,18(25)21-14-6-3-5-13(11-14)12-20)23-17(24)9-8-15(22-23)16-7-4-10-26-16/h3-11H,1-2H3,(H,21,25). The van der Waals surface area contributed by atoms with E-state index in [1.54, 1.807) is 56.3 Å². The van der Waals surface area contributed by atoms with Crippen LogP contribution in [-0.2, 0) is 10.3 Å². The Morgan fingerprint density at radius 2 is 2.04 bits per heavy atom. The molecule has 0 aliphatic carbocycles. The van der Waals surface area contributed by atoms with E-state index in [-0.39, 0.29) is 0 Å². The minimum absolute atomic E-state index is 0.411. The quantitative estimate of drug-likeness (QED) is 0.781. The topological polar surface area (TPSA) is 101 Å². The van der Waals surface area contributed by atoms with Crippen LogP contribution in [-0.4, -0.2) is 15.7 Å². The minimum atomic E-state index is -1.26. The fraction of sp³-hybridized carbons (Fsp3) is 0.158. The summed E-state index contributed by atoms with van der Waals surface area (Å²) < 4.78 is 6.42. The molecular formula is C19H16N4O3. The number of nitrogens with one attached hydrogen (secondary N) is 1. The van der Waals surface area contributed by atoms with Crippen LogP contribution in [0.3, 0.4) is 0 Å². The number of benzene rings is 1. The predicted octanol–water partition coefficient (Wildman–Crippen LogP) is 2.75. The number of hydrogen-bond donors (Lipinski definition) is 1. The first-order valence-corrected chi connectivity index (χ1v) is 7.88. The number of carbonyl (C=O) groups is 1. The molecule has 2 heterocycles. The van der Waals surface area contributed by atoms with Crippen molar-refractivity contribution in [2.45, 2.75) is 19.4 Å². The van der Waals surface area contributed by atoms with Gasteiger partial charge in [-0.2, -0.15) is 10.4 Å². The van der Waals surface area contributed by atoms with Crippen molar-refractivity contribution in [2.75, 3.05) is 5.32 Å². The van der Waals surface area contributed by atoms with Crippen LogP contribution in [0.1, 0.15) is 19.4 Å². The van der Waals surface area contributed by atoms with Crippen molar-refractivity contribution in [3.8, 4) is 17.5 Å². The highest BCUT2D eigenvalue weighted by molar-refractivity contribution is 5.96. The van der Waals surface area contributed by atoms with E-state index in [4.69, 9.17) is 9.68 Å². The summed E-state index contributed by atoms with van der Waals surface area (Å²) >= 11 is 0. The van der Waals surface area contributed by atoms with Crippen LogP contribution in [0.2, 0.25) is 0 Å². The third-order valence-electron chi connectivity index (χ3n) is 3.91. The molecule has 0 aliphatic rings. The summed E-state index contributed by atoms with van der Waals surface area (Å²) in [4.78, 5) is 25.1. The molecule has 7 nitrogen and oxygen atoms in total. The van der Waals surface area contributed by atoms with Gasteiger partial charge in [-0.3, -0.25) is 9.59 Å². The highest BCUT2D eigenvalue weighted by Gasteiger charge is 2.32. The Bertz CT molecular complexity index is 1040. The van der Waals surface area contributed by atoms with Gasteiger partial charge < -0.3 is 9.73 Å². The first kappa shape index (κ1) is 17.2. The lowest BCUT2D eigenvalue weighted by Crippen LogP contribution is -2.47. The zero-order valence-electron chi connectivity index (χ0n) is 14.3. The molecule has 3 aromatic rings. The monoisotopic (exact) mass is 348 g/mol. The van der Waals surface area contributed by atoms with Crippen molar-refractivity contribution in [1.82, 2.24) is 9.78 Å². The normalized spacial score (nSPS) is 11.0. The summed E-state index contributed by atoms with van der Waals surface area (Å²) in [5, 5.41) is 16.0. The maximum Gasteiger partial charge on any atom is 0.267 e. The Kier molecular flexibility index (Phi) is 4.42. The van der Waals surface area contributed by atoms with Gasteiger partial charge in [0.2, 0.25) is 0 Å². The molecule has 0 unspecified atom stereocenters. The number of nitriles is 1. The van der Waals surface area contributed by atoms with Gasteiger partial charge in [0.15, 0.2) is 5.76 Å². The Labute approximate surface area is 149 Å². The molecular weight excluding hydrogens is 332 g/mol. The number of amides is 1. The lowest BCUT2D eigenvalue weighted by atomic mass is 10.0. The number of aromatic nitrogens is 2. The van der Waals surface area contributed by atoms with Crippen molar-refractivity contribution < 1.29 is 9.21 Å². The van der Waals surface area contributed by atoms with Crippen LogP contribution in [0.5, 0.6) is 0 Å². The molecule has 0 fully saturated rings. The van der Waals surface area contributed by atoms with E-state index >= 15 is 0 Å². The summed E-state index contributed by atoms with van der Waals surface area (Å²) in [7, 11) is 0. The van der Waals surface area contributed by atoms with Crippen LogP contribution in [0, 0.1) is 11.3 Å². The van der Waals surface area contributed by atoms with E-state index < -0.39 is 17.0 Å². The summed E-state index contributed by atoms with van der Waals surface area (Å²) in [5.41, 5.74) is -0.330. The Hall–Kier alpha value is -3.66. The molecule has 1 N–H and O–H groups in total. The van der Waals surface area contributed by atoms with E-state index in [0.717, 1.165) is 4.68 Å². The SMILES string of the molecule is CC(C)(C(=O)Nc1cccc(C#N)c1)n1nc(-c2ccco2)ccc1=O. The molecule has 130 valence electrons. The molecule has 2 aromatic heterocycles. The number of hydrogen-bond acceptors (Lipinski definition) is 5. The smallest absolute Gasteiger partial charge is 0.267 e. The molecule has 0 saturated heterocycles. The van der Waals surface area contributed by atoms with Gasteiger partial charge in [0.05, 0.1) is 17.9 Å². The van der Waals surface area contributed by atoms with Crippen LogP contribution < -0.4 is 10.9 Å². The Balaban J connectivity index is 1.94. The van der Waals surface area contributed by atoms with Crippen LogP contribution in [0.15, 0.2) is 64.0 Å². The maximum atomic E-state index is 12.8.